The summed E-state index contributed by atoms with van der Waals surface area (Å²) in [7, 11) is 0. The van der Waals surface area contributed by atoms with Crippen molar-refractivity contribution in [3.8, 4) is 5.75 Å². The molecule has 1 atom stereocenters. The molecule has 0 bridgehead atoms. The first kappa shape index (κ1) is 15.9. The van der Waals surface area contributed by atoms with Crippen LogP contribution in [0.3, 0.4) is 0 Å². The van der Waals surface area contributed by atoms with Gasteiger partial charge in [0.15, 0.2) is 5.75 Å². The predicted octanol–water partition coefficient (Wildman–Crippen LogP) is 4.22. The van der Waals surface area contributed by atoms with Crippen LogP contribution in [0.1, 0.15) is 37.1 Å². The molecule has 1 aromatic heterocycles. The second-order valence-corrected chi connectivity index (χ2v) is 6.78. The Hall–Kier alpha value is -2.59. The van der Waals surface area contributed by atoms with Crippen LogP contribution in [-0.2, 0) is 6.54 Å². The summed E-state index contributed by atoms with van der Waals surface area (Å²) in [6.07, 6.45) is 3.46. The maximum atomic E-state index is 11.7. The van der Waals surface area contributed by atoms with E-state index in [1.54, 1.807) is 0 Å². The first-order chi connectivity index (χ1) is 12.1. The second-order valence-electron chi connectivity index (χ2n) is 6.78. The normalized spacial score (nSPS) is 15.6. The number of hydrogen-bond acceptors (Lipinski definition) is 4. The maximum absolute atomic E-state index is 11.7. The minimum Gasteiger partial charge on any atom is -0.502 e. The van der Waals surface area contributed by atoms with Gasteiger partial charge in [-0.2, -0.15) is 0 Å². The molecule has 0 amide bonds. The van der Waals surface area contributed by atoms with E-state index in [0.717, 1.165) is 6.26 Å². The molecule has 1 aliphatic carbocycles. The van der Waals surface area contributed by atoms with Crippen molar-refractivity contribution >= 4 is 10.8 Å². The molecule has 2 aromatic carbocycles. The van der Waals surface area contributed by atoms with Crippen molar-refractivity contribution in [3.63, 3.8) is 0 Å². The Bertz CT molecular complexity index is 959. The average Bonchev–Trinajstić information content (AvgIpc) is 3.46. The molecule has 0 aliphatic heterocycles. The van der Waals surface area contributed by atoms with E-state index >= 15 is 0 Å². The topological polar surface area (TPSA) is 53.7 Å². The maximum Gasteiger partial charge on any atom is 0.226 e. The molecule has 1 fully saturated rings. The molecule has 4 rings (SSSR count). The van der Waals surface area contributed by atoms with Gasteiger partial charge in [0.2, 0.25) is 5.43 Å². The summed E-state index contributed by atoms with van der Waals surface area (Å²) in [6, 6.07) is 17.0. The minimum absolute atomic E-state index is 0.219. The zero-order valence-electron chi connectivity index (χ0n) is 14.2. The van der Waals surface area contributed by atoms with Gasteiger partial charge in [-0.15, -0.1) is 0 Å². The third-order valence-electron chi connectivity index (χ3n) is 4.97. The van der Waals surface area contributed by atoms with Crippen LogP contribution in [-0.4, -0.2) is 16.0 Å². The molecule has 1 saturated carbocycles. The summed E-state index contributed by atoms with van der Waals surface area (Å²) in [4.78, 5) is 14.0. The highest BCUT2D eigenvalue weighted by Crippen LogP contribution is 2.36. The van der Waals surface area contributed by atoms with Crippen LogP contribution in [0.5, 0.6) is 5.75 Å². The van der Waals surface area contributed by atoms with E-state index in [9.17, 15) is 9.90 Å². The van der Waals surface area contributed by atoms with Gasteiger partial charge in [-0.1, -0.05) is 36.4 Å². The van der Waals surface area contributed by atoms with Crippen molar-refractivity contribution in [2.75, 3.05) is 0 Å². The molecule has 1 aliphatic rings. The van der Waals surface area contributed by atoms with Gasteiger partial charge in [-0.3, -0.25) is 9.69 Å². The Morgan fingerprint density at radius 1 is 1.16 bits per heavy atom. The molecule has 1 N–H and O–H groups in total. The molecular formula is C21H21NO3. The van der Waals surface area contributed by atoms with Crippen molar-refractivity contribution in [2.24, 2.45) is 0 Å². The predicted molar refractivity (Wildman–Crippen MR) is 97.6 cm³/mol. The number of hydrogen-bond donors (Lipinski definition) is 1. The van der Waals surface area contributed by atoms with Crippen LogP contribution >= 0.6 is 0 Å². The lowest BCUT2D eigenvalue weighted by Gasteiger charge is -2.29. The van der Waals surface area contributed by atoms with Crippen molar-refractivity contribution in [1.82, 2.24) is 4.90 Å². The summed E-state index contributed by atoms with van der Waals surface area (Å²) in [5.41, 5.74) is 0.863. The van der Waals surface area contributed by atoms with Crippen LogP contribution in [0.25, 0.3) is 10.8 Å². The van der Waals surface area contributed by atoms with E-state index in [1.165, 1.54) is 35.2 Å². The number of fused-ring (bicyclic) bond motifs is 1. The molecule has 0 spiro atoms. The SMILES string of the molecule is C[C@H](c1ccc2ccccc2c1)N(Cc1cc(=O)c(O)co1)C1CC1. The molecule has 4 heteroatoms. The van der Waals surface area contributed by atoms with E-state index in [0.29, 0.717) is 18.3 Å². The van der Waals surface area contributed by atoms with Crippen LogP contribution in [0.2, 0.25) is 0 Å². The Balaban J connectivity index is 1.62. The van der Waals surface area contributed by atoms with E-state index in [-0.39, 0.29) is 11.8 Å². The lowest BCUT2D eigenvalue weighted by atomic mass is 10.0. The highest BCUT2D eigenvalue weighted by atomic mass is 16.4. The molecule has 3 aromatic rings. The Labute approximate surface area is 146 Å². The minimum atomic E-state index is -0.393. The van der Waals surface area contributed by atoms with Crippen molar-refractivity contribution in [1.29, 1.82) is 0 Å². The van der Waals surface area contributed by atoms with Crippen molar-refractivity contribution in [2.45, 2.75) is 38.4 Å². The molecular weight excluding hydrogens is 314 g/mol. The summed E-state index contributed by atoms with van der Waals surface area (Å²) >= 11 is 0. The largest absolute Gasteiger partial charge is 0.502 e. The Morgan fingerprint density at radius 3 is 2.64 bits per heavy atom. The molecule has 4 nitrogen and oxygen atoms in total. The number of benzene rings is 2. The van der Waals surface area contributed by atoms with Gasteiger partial charge in [-0.05, 0) is 42.2 Å². The summed E-state index contributed by atoms with van der Waals surface area (Å²) in [5, 5.41) is 11.8. The van der Waals surface area contributed by atoms with E-state index in [1.807, 2.05) is 0 Å². The highest BCUT2D eigenvalue weighted by Gasteiger charge is 2.33. The van der Waals surface area contributed by atoms with E-state index in [2.05, 4.69) is 54.3 Å². The van der Waals surface area contributed by atoms with E-state index in [4.69, 9.17) is 4.42 Å². The fourth-order valence-corrected chi connectivity index (χ4v) is 3.35. The molecule has 128 valence electrons. The third kappa shape index (κ3) is 3.30. The lowest BCUT2D eigenvalue weighted by Crippen LogP contribution is -2.29. The quantitative estimate of drug-likeness (QED) is 0.758. The van der Waals surface area contributed by atoms with Crippen LogP contribution < -0.4 is 5.43 Å². The average molecular weight is 335 g/mol. The van der Waals surface area contributed by atoms with Crippen molar-refractivity contribution < 1.29 is 9.52 Å². The molecule has 0 radical (unpaired) electrons. The molecule has 0 saturated heterocycles. The summed E-state index contributed by atoms with van der Waals surface area (Å²) < 4.78 is 5.41. The first-order valence-electron chi connectivity index (χ1n) is 8.67. The van der Waals surface area contributed by atoms with Crippen LogP contribution in [0, 0.1) is 0 Å². The molecule has 25 heavy (non-hydrogen) atoms. The number of rotatable bonds is 5. The lowest BCUT2D eigenvalue weighted by molar-refractivity contribution is 0.173. The monoisotopic (exact) mass is 335 g/mol. The van der Waals surface area contributed by atoms with Gasteiger partial charge in [-0.25, -0.2) is 0 Å². The third-order valence-corrected chi connectivity index (χ3v) is 4.97. The van der Waals surface area contributed by atoms with Crippen LogP contribution in [0.15, 0.2) is 64.0 Å². The zero-order valence-corrected chi connectivity index (χ0v) is 14.2. The van der Waals surface area contributed by atoms with Crippen LogP contribution in [0.4, 0.5) is 0 Å². The van der Waals surface area contributed by atoms with Gasteiger partial charge in [0.25, 0.3) is 0 Å². The van der Waals surface area contributed by atoms with Gasteiger partial charge in [0, 0.05) is 18.2 Å². The second kappa shape index (κ2) is 6.37. The first-order valence-corrected chi connectivity index (χ1v) is 8.67. The highest BCUT2D eigenvalue weighted by molar-refractivity contribution is 5.83. The smallest absolute Gasteiger partial charge is 0.226 e. The van der Waals surface area contributed by atoms with Gasteiger partial charge >= 0.3 is 0 Å². The van der Waals surface area contributed by atoms with Crippen molar-refractivity contribution in [3.05, 3.63) is 76.3 Å². The van der Waals surface area contributed by atoms with Gasteiger partial charge in [0.1, 0.15) is 12.0 Å². The Kier molecular flexibility index (Phi) is 4.06. The fraction of sp³-hybridized carbons (Fsp3) is 0.286. The number of nitrogens with zero attached hydrogens (tertiary/aromatic N) is 1. The Morgan fingerprint density at radius 2 is 1.92 bits per heavy atom. The summed E-state index contributed by atoms with van der Waals surface area (Å²) in [6.45, 7) is 2.76. The fourth-order valence-electron chi connectivity index (χ4n) is 3.35. The van der Waals surface area contributed by atoms with E-state index < -0.39 is 5.43 Å². The number of aromatic hydroxyl groups is 1. The van der Waals surface area contributed by atoms with Gasteiger partial charge in [0.05, 0.1) is 6.54 Å². The summed E-state index contributed by atoms with van der Waals surface area (Å²) in [5.74, 6) is 0.242. The molecule has 0 unspecified atom stereocenters. The van der Waals surface area contributed by atoms with Gasteiger partial charge < -0.3 is 9.52 Å². The zero-order chi connectivity index (χ0) is 17.4. The molecule has 1 heterocycles. The standard InChI is InChI=1S/C21H21NO3/c1-14(16-7-6-15-4-2-3-5-17(15)10-16)22(18-8-9-18)12-19-11-20(23)21(24)13-25-19/h2-7,10-11,13-14,18,24H,8-9,12H2,1H3/t14-/m1/s1.